The number of anilines is 1. The number of hydrogen-bond acceptors (Lipinski definition) is 5. The topological polar surface area (TPSA) is 68.0 Å². The van der Waals surface area contributed by atoms with Crippen LogP contribution in [-0.2, 0) is 17.6 Å². The summed E-state index contributed by atoms with van der Waals surface area (Å²) < 4.78 is 6.93. The molecule has 0 atom stereocenters. The molecule has 4 rings (SSSR count). The van der Waals surface area contributed by atoms with Crippen LogP contribution in [0.2, 0.25) is 0 Å². The number of rotatable bonds is 7. The van der Waals surface area contributed by atoms with Crippen molar-refractivity contribution in [2.75, 3.05) is 5.32 Å². The van der Waals surface area contributed by atoms with Crippen LogP contribution in [0.5, 0.6) is 0 Å². The van der Waals surface area contributed by atoms with E-state index in [-0.39, 0.29) is 5.91 Å². The highest BCUT2D eigenvalue weighted by molar-refractivity contribution is 7.22. The first kappa shape index (κ1) is 20.3. The van der Waals surface area contributed by atoms with Crippen molar-refractivity contribution < 1.29 is 9.21 Å². The Bertz CT molecular complexity index is 1160. The molecule has 0 unspecified atom stereocenters. The Balaban J connectivity index is 1.35. The van der Waals surface area contributed by atoms with Gasteiger partial charge in [-0.25, -0.2) is 9.97 Å². The van der Waals surface area contributed by atoms with Crippen molar-refractivity contribution in [1.82, 2.24) is 9.97 Å². The molecule has 0 radical (unpaired) electrons. The molecule has 30 heavy (non-hydrogen) atoms. The zero-order valence-electron chi connectivity index (χ0n) is 17.4. The number of nitrogens with zero attached hydrogens (tertiary/aromatic N) is 2. The fourth-order valence-electron chi connectivity index (χ4n) is 3.24. The van der Waals surface area contributed by atoms with Crippen molar-refractivity contribution in [3.05, 3.63) is 65.7 Å². The predicted molar refractivity (Wildman–Crippen MR) is 122 cm³/mol. The van der Waals surface area contributed by atoms with Crippen molar-refractivity contribution in [3.63, 3.8) is 0 Å². The van der Waals surface area contributed by atoms with E-state index in [0.29, 0.717) is 29.8 Å². The van der Waals surface area contributed by atoms with Crippen LogP contribution in [-0.4, -0.2) is 15.9 Å². The Labute approximate surface area is 180 Å². The fraction of sp³-hybridized carbons (Fsp3) is 0.292. The van der Waals surface area contributed by atoms with Gasteiger partial charge in [0.15, 0.2) is 16.8 Å². The highest BCUT2D eigenvalue weighted by Gasteiger charge is 2.12. The van der Waals surface area contributed by atoms with Crippen molar-refractivity contribution in [1.29, 1.82) is 0 Å². The van der Waals surface area contributed by atoms with Crippen LogP contribution >= 0.6 is 11.3 Å². The monoisotopic (exact) mass is 419 g/mol. The van der Waals surface area contributed by atoms with E-state index in [9.17, 15) is 4.79 Å². The molecule has 0 spiro atoms. The van der Waals surface area contributed by atoms with Crippen LogP contribution in [0, 0.1) is 0 Å². The van der Waals surface area contributed by atoms with Gasteiger partial charge in [0.1, 0.15) is 0 Å². The second kappa shape index (κ2) is 8.79. The lowest BCUT2D eigenvalue weighted by atomic mass is 10.0. The minimum atomic E-state index is -0.0918. The zero-order valence-corrected chi connectivity index (χ0v) is 18.3. The highest BCUT2D eigenvalue weighted by Crippen LogP contribution is 2.27. The van der Waals surface area contributed by atoms with E-state index in [1.165, 1.54) is 22.5 Å². The van der Waals surface area contributed by atoms with E-state index in [0.717, 1.165) is 28.0 Å². The fourth-order valence-corrected chi connectivity index (χ4v) is 4.18. The molecule has 0 saturated carbocycles. The minimum Gasteiger partial charge on any atom is -0.441 e. The molecule has 1 N–H and O–H groups in total. The summed E-state index contributed by atoms with van der Waals surface area (Å²) in [6.07, 6.45) is 3.44. The van der Waals surface area contributed by atoms with Crippen molar-refractivity contribution >= 4 is 32.6 Å². The minimum absolute atomic E-state index is 0.0918. The molecule has 2 aromatic carbocycles. The van der Waals surface area contributed by atoms with Gasteiger partial charge >= 0.3 is 0 Å². The molecule has 6 heteroatoms. The SMILES string of the molecule is CCc1ccc2nc(NC(=O)CCc3ncc(-c4ccc(C(C)C)cc4)o3)sc2c1. The Hall–Kier alpha value is -2.99. The second-order valence-electron chi connectivity index (χ2n) is 7.62. The largest absolute Gasteiger partial charge is 0.441 e. The maximum Gasteiger partial charge on any atom is 0.226 e. The third-order valence-corrected chi connectivity index (χ3v) is 6.02. The third kappa shape index (κ3) is 4.60. The molecule has 0 aliphatic rings. The molecule has 4 aromatic rings. The Morgan fingerprint density at radius 2 is 1.97 bits per heavy atom. The number of aryl methyl sites for hydroxylation is 2. The summed E-state index contributed by atoms with van der Waals surface area (Å²) in [4.78, 5) is 21.2. The molecule has 2 heterocycles. The number of carbonyl (C=O) groups excluding carboxylic acids is 1. The van der Waals surface area contributed by atoms with E-state index < -0.39 is 0 Å². The standard InChI is InChI=1S/C24H25N3O2S/c1-4-16-5-10-19-21(13-16)30-24(26-19)27-22(28)11-12-23-25-14-20(29-23)18-8-6-17(7-9-18)15(2)3/h5-10,13-15H,4,11-12H2,1-3H3,(H,26,27,28). The molecule has 0 aliphatic heterocycles. The molecule has 5 nitrogen and oxygen atoms in total. The predicted octanol–water partition coefficient (Wildman–Crippen LogP) is 6.21. The Morgan fingerprint density at radius 1 is 1.17 bits per heavy atom. The molecule has 1 amide bonds. The molecule has 0 fully saturated rings. The van der Waals surface area contributed by atoms with Gasteiger partial charge in [0.2, 0.25) is 5.91 Å². The van der Waals surface area contributed by atoms with E-state index in [2.05, 4.69) is 60.3 Å². The van der Waals surface area contributed by atoms with Gasteiger partial charge in [0.05, 0.1) is 16.4 Å². The third-order valence-electron chi connectivity index (χ3n) is 5.09. The van der Waals surface area contributed by atoms with Gasteiger partial charge in [0, 0.05) is 18.4 Å². The average Bonchev–Trinajstić information content (AvgIpc) is 3.38. The molecule has 0 bridgehead atoms. The van der Waals surface area contributed by atoms with Gasteiger partial charge in [-0.2, -0.15) is 0 Å². The molecule has 2 aromatic heterocycles. The molecular formula is C24H25N3O2S. The summed E-state index contributed by atoms with van der Waals surface area (Å²) >= 11 is 1.50. The number of benzene rings is 2. The molecular weight excluding hydrogens is 394 g/mol. The summed E-state index contributed by atoms with van der Waals surface area (Å²) in [7, 11) is 0. The zero-order chi connectivity index (χ0) is 21.1. The summed E-state index contributed by atoms with van der Waals surface area (Å²) in [5.74, 6) is 1.68. The quantitative estimate of drug-likeness (QED) is 0.387. The first-order chi connectivity index (χ1) is 14.5. The van der Waals surface area contributed by atoms with Crippen LogP contribution in [0.25, 0.3) is 21.5 Å². The number of carbonyl (C=O) groups is 1. The lowest BCUT2D eigenvalue weighted by Crippen LogP contribution is -2.12. The normalized spacial score (nSPS) is 11.3. The summed E-state index contributed by atoms with van der Waals surface area (Å²) in [6, 6.07) is 14.5. The van der Waals surface area contributed by atoms with Crippen molar-refractivity contribution in [2.24, 2.45) is 0 Å². The molecule has 0 aliphatic carbocycles. The lowest BCUT2D eigenvalue weighted by molar-refractivity contribution is -0.116. The first-order valence-corrected chi connectivity index (χ1v) is 11.1. The molecule has 154 valence electrons. The number of hydrogen-bond donors (Lipinski definition) is 1. The van der Waals surface area contributed by atoms with Crippen LogP contribution in [0.4, 0.5) is 5.13 Å². The Morgan fingerprint density at radius 3 is 2.70 bits per heavy atom. The van der Waals surface area contributed by atoms with Crippen LogP contribution in [0.15, 0.2) is 53.1 Å². The number of fused-ring (bicyclic) bond motifs is 1. The van der Waals surface area contributed by atoms with Gasteiger partial charge in [-0.3, -0.25) is 4.79 Å². The summed E-state index contributed by atoms with van der Waals surface area (Å²) in [5, 5.41) is 3.52. The van der Waals surface area contributed by atoms with Gasteiger partial charge in [-0.1, -0.05) is 62.4 Å². The van der Waals surface area contributed by atoms with E-state index in [1.54, 1.807) is 6.20 Å². The van der Waals surface area contributed by atoms with Crippen LogP contribution < -0.4 is 5.32 Å². The second-order valence-corrected chi connectivity index (χ2v) is 8.65. The summed E-state index contributed by atoms with van der Waals surface area (Å²) in [5.41, 5.74) is 4.45. The average molecular weight is 420 g/mol. The van der Waals surface area contributed by atoms with E-state index in [4.69, 9.17) is 4.42 Å². The maximum atomic E-state index is 12.3. The smallest absolute Gasteiger partial charge is 0.226 e. The lowest BCUT2D eigenvalue weighted by Gasteiger charge is -2.05. The highest BCUT2D eigenvalue weighted by atomic mass is 32.1. The van der Waals surface area contributed by atoms with Crippen molar-refractivity contribution in [2.45, 2.75) is 46.0 Å². The van der Waals surface area contributed by atoms with Gasteiger partial charge in [-0.05, 0) is 35.6 Å². The van der Waals surface area contributed by atoms with Crippen LogP contribution in [0.3, 0.4) is 0 Å². The van der Waals surface area contributed by atoms with Gasteiger partial charge < -0.3 is 9.73 Å². The first-order valence-electron chi connectivity index (χ1n) is 10.3. The number of oxazole rings is 1. The number of thiazole rings is 1. The summed E-state index contributed by atoms with van der Waals surface area (Å²) in [6.45, 7) is 6.46. The number of amides is 1. The van der Waals surface area contributed by atoms with E-state index in [1.807, 2.05) is 18.2 Å². The van der Waals surface area contributed by atoms with Crippen LogP contribution in [0.1, 0.15) is 50.1 Å². The maximum absolute atomic E-state index is 12.3. The van der Waals surface area contributed by atoms with Gasteiger partial charge in [-0.15, -0.1) is 0 Å². The Kier molecular flexibility index (Phi) is 5.95. The number of aromatic nitrogens is 2. The van der Waals surface area contributed by atoms with Gasteiger partial charge in [0.25, 0.3) is 0 Å². The number of nitrogens with one attached hydrogen (secondary N) is 1. The molecule has 0 saturated heterocycles. The van der Waals surface area contributed by atoms with Crippen molar-refractivity contribution in [3.8, 4) is 11.3 Å². The van der Waals surface area contributed by atoms with E-state index >= 15 is 0 Å².